The molecule has 0 aromatic heterocycles. The largest absolute Gasteiger partial charge is 0.335 e. The Morgan fingerprint density at radius 2 is 2.11 bits per heavy atom. The molecule has 2 atom stereocenters. The minimum absolute atomic E-state index is 0.398. The molecule has 2 aliphatic rings. The summed E-state index contributed by atoms with van der Waals surface area (Å²) in [5.74, 6) is 2.61. The Kier molecular flexibility index (Phi) is 5.83. The van der Waals surface area contributed by atoms with E-state index in [9.17, 15) is 4.79 Å². The second kappa shape index (κ2) is 7.39. The molecular weight excluding hydrogens is 244 g/mol. The Morgan fingerprint density at radius 1 is 1.28 bits per heavy atom. The maximum absolute atomic E-state index is 12.3. The second-order valence-electron chi connectivity index (χ2n) is 5.39. The minimum Gasteiger partial charge on any atom is -0.335 e. The number of amides is 1. The summed E-state index contributed by atoms with van der Waals surface area (Å²) in [5, 5.41) is 3.45. The number of carbonyl (C=O) groups is 1. The first-order chi connectivity index (χ1) is 8.83. The summed E-state index contributed by atoms with van der Waals surface area (Å²) in [5.41, 5.74) is 0. The molecule has 0 aromatic carbocycles. The van der Waals surface area contributed by atoms with Crippen LogP contribution in [-0.2, 0) is 4.79 Å². The van der Waals surface area contributed by atoms with Crippen molar-refractivity contribution < 1.29 is 4.79 Å². The maximum atomic E-state index is 12.3. The first kappa shape index (κ1) is 14.2. The van der Waals surface area contributed by atoms with Gasteiger partial charge in [0.05, 0.1) is 0 Å². The number of nitrogens with zero attached hydrogens (tertiary/aromatic N) is 1. The van der Waals surface area contributed by atoms with Gasteiger partial charge in [-0.3, -0.25) is 4.79 Å². The Hall–Kier alpha value is -0.220. The molecule has 2 rings (SSSR count). The number of hydrogen-bond acceptors (Lipinski definition) is 3. The molecule has 2 heterocycles. The fourth-order valence-corrected chi connectivity index (χ4v) is 4.04. The third-order valence-corrected chi connectivity index (χ3v) is 5.11. The van der Waals surface area contributed by atoms with Crippen molar-refractivity contribution in [1.29, 1.82) is 0 Å². The SMILES string of the molecule is CCCCSCCC(=O)N1C2CCNCC1CC2. The first-order valence-corrected chi connectivity index (χ1v) is 8.58. The van der Waals surface area contributed by atoms with Crippen molar-refractivity contribution in [2.75, 3.05) is 24.6 Å². The molecule has 104 valence electrons. The van der Waals surface area contributed by atoms with E-state index in [0.29, 0.717) is 18.0 Å². The van der Waals surface area contributed by atoms with Gasteiger partial charge in [0.1, 0.15) is 0 Å². The molecule has 1 N–H and O–H groups in total. The average Bonchev–Trinajstić information content (AvgIpc) is 2.62. The Bertz CT molecular complexity index is 259. The Morgan fingerprint density at radius 3 is 2.94 bits per heavy atom. The summed E-state index contributed by atoms with van der Waals surface area (Å²) >= 11 is 1.94. The molecular formula is C14H26N2OS. The van der Waals surface area contributed by atoms with Gasteiger partial charge in [0.15, 0.2) is 0 Å². The van der Waals surface area contributed by atoms with E-state index in [2.05, 4.69) is 17.1 Å². The van der Waals surface area contributed by atoms with Crippen LogP contribution in [0, 0.1) is 0 Å². The predicted molar refractivity (Wildman–Crippen MR) is 78.0 cm³/mol. The number of unbranched alkanes of at least 4 members (excludes halogenated alkanes) is 1. The third-order valence-electron chi connectivity index (χ3n) is 4.04. The van der Waals surface area contributed by atoms with Crippen LogP contribution in [0.4, 0.5) is 0 Å². The molecule has 0 radical (unpaired) electrons. The van der Waals surface area contributed by atoms with E-state index in [4.69, 9.17) is 0 Å². The zero-order valence-electron chi connectivity index (χ0n) is 11.5. The van der Waals surface area contributed by atoms with Gasteiger partial charge in [-0.05, 0) is 38.0 Å². The van der Waals surface area contributed by atoms with E-state index >= 15 is 0 Å². The lowest BCUT2D eigenvalue weighted by molar-refractivity contribution is -0.133. The molecule has 2 aliphatic heterocycles. The highest BCUT2D eigenvalue weighted by Crippen LogP contribution is 2.28. The van der Waals surface area contributed by atoms with Crippen LogP contribution in [0.2, 0.25) is 0 Å². The number of fused-ring (bicyclic) bond motifs is 2. The highest BCUT2D eigenvalue weighted by molar-refractivity contribution is 7.99. The van der Waals surface area contributed by atoms with Crippen molar-refractivity contribution >= 4 is 17.7 Å². The van der Waals surface area contributed by atoms with Crippen molar-refractivity contribution in [2.24, 2.45) is 0 Å². The highest BCUT2D eigenvalue weighted by Gasteiger charge is 2.37. The number of hydrogen-bond donors (Lipinski definition) is 1. The molecule has 0 spiro atoms. The van der Waals surface area contributed by atoms with Gasteiger partial charge in [0, 0.05) is 30.8 Å². The van der Waals surface area contributed by atoms with Crippen molar-refractivity contribution in [1.82, 2.24) is 10.2 Å². The lowest BCUT2D eigenvalue weighted by Crippen LogP contribution is -2.42. The Labute approximate surface area is 115 Å². The number of nitrogens with one attached hydrogen (secondary N) is 1. The Balaban J connectivity index is 1.74. The van der Waals surface area contributed by atoms with Crippen molar-refractivity contribution in [3.63, 3.8) is 0 Å². The molecule has 2 bridgehead atoms. The lowest BCUT2D eigenvalue weighted by atomic mass is 10.1. The number of rotatable bonds is 6. The van der Waals surface area contributed by atoms with E-state index in [1.807, 2.05) is 11.8 Å². The molecule has 0 aliphatic carbocycles. The van der Waals surface area contributed by atoms with Crippen LogP contribution in [0.3, 0.4) is 0 Å². The van der Waals surface area contributed by atoms with Crippen LogP contribution < -0.4 is 5.32 Å². The van der Waals surface area contributed by atoms with Gasteiger partial charge in [-0.15, -0.1) is 0 Å². The summed E-state index contributed by atoms with van der Waals surface area (Å²) < 4.78 is 0. The molecule has 1 amide bonds. The van der Waals surface area contributed by atoms with E-state index in [1.54, 1.807) is 0 Å². The molecule has 0 aromatic rings. The molecule has 2 saturated heterocycles. The first-order valence-electron chi connectivity index (χ1n) is 7.42. The normalized spacial score (nSPS) is 27.3. The molecule has 2 unspecified atom stereocenters. The summed E-state index contributed by atoms with van der Waals surface area (Å²) in [6, 6.07) is 1.00. The molecule has 3 nitrogen and oxygen atoms in total. The number of thioether (sulfide) groups is 1. The molecule has 2 fully saturated rings. The van der Waals surface area contributed by atoms with Gasteiger partial charge in [-0.1, -0.05) is 13.3 Å². The van der Waals surface area contributed by atoms with Gasteiger partial charge in [0.2, 0.25) is 5.91 Å². The maximum Gasteiger partial charge on any atom is 0.223 e. The van der Waals surface area contributed by atoms with Gasteiger partial charge < -0.3 is 10.2 Å². The van der Waals surface area contributed by atoms with Crippen LogP contribution in [0.15, 0.2) is 0 Å². The standard InChI is InChI=1S/C14H26N2OS/c1-2-3-9-18-10-7-14(17)16-12-4-5-13(16)11-15-8-6-12/h12-13,15H,2-11H2,1H3. The topological polar surface area (TPSA) is 32.3 Å². The minimum atomic E-state index is 0.398. The van der Waals surface area contributed by atoms with Crippen molar-refractivity contribution in [3.8, 4) is 0 Å². The van der Waals surface area contributed by atoms with Gasteiger partial charge in [-0.2, -0.15) is 11.8 Å². The average molecular weight is 270 g/mol. The van der Waals surface area contributed by atoms with Crippen LogP contribution in [0.25, 0.3) is 0 Å². The van der Waals surface area contributed by atoms with E-state index in [-0.39, 0.29) is 0 Å². The van der Waals surface area contributed by atoms with E-state index in [1.165, 1.54) is 31.4 Å². The summed E-state index contributed by atoms with van der Waals surface area (Å²) in [7, 11) is 0. The highest BCUT2D eigenvalue weighted by atomic mass is 32.2. The zero-order valence-corrected chi connectivity index (χ0v) is 12.3. The van der Waals surface area contributed by atoms with Crippen LogP contribution in [0.5, 0.6) is 0 Å². The van der Waals surface area contributed by atoms with E-state index < -0.39 is 0 Å². The van der Waals surface area contributed by atoms with E-state index in [0.717, 1.165) is 31.7 Å². The fraction of sp³-hybridized carbons (Fsp3) is 0.929. The summed E-state index contributed by atoms with van der Waals surface area (Å²) in [6.07, 6.45) is 6.83. The molecule has 4 heteroatoms. The third kappa shape index (κ3) is 3.64. The van der Waals surface area contributed by atoms with Gasteiger partial charge >= 0.3 is 0 Å². The van der Waals surface area contributed by atoms with Crippen LogP contribution in [-0.4, -0.2) is 47.5 Å². The summed E-state index contributed by atoms with van der Waals surface area (Å²) in [6.45, 7) is 4.30. The van der Waals surface area contributed by atoms with Crippen molar-refractivity contribution in [3.05, 3.63) is 0 Å². The zero-order chi connectivity index (χ0) is 12.8. The fourth-order valence-electron chi connectivity index (χ4n) is 3.03. The quantitative estimate of drug-likeness (QED) is 0.752. The van der Waals surface area contributed by atoms with Crippen molar-refractivity contribution in [2.45, 2.75) is 57.5 Å². The second-order valence-corrected chi connectivity index (χ2v) is 6.62. The smallest absolute Gasteiger partial charge is 0.223 e. The molecule has 0 saturated carbocycles. The van der Waals surface area contributed by atoms with Crippen LogP contribution >= 0.6 is 11.8 Å². The summed E-state index contributed by atoms with van der Waals surface area (Å²) in [4.78, 5) is 14.5. The number of carbonyl (C=O) groups excluding carboxylic acids is 1. The van der Waals surface area contributed by atoms with Gasteiger partial charge in [-0.25, -0.2) is 0 Å². The monoisotopic (exact) mass is 270 g/mol. The lowest BCUT2D eigenvalue weighted by Gasteiger charge is -2.27. The van der Waals surface area contributed by atoms with Gasteiger partial charge in [0.25, 0.3) is 0 Å². The molecule has 18 heavy (non-hydrogen) atoms. The van der Waals surface area contributed by atoms with Crippen LogP contribution in [0.1, 0.15) is 45.4 Å². The predicted octanol–water partition coefficient (Wildman–Crippen LogP) is 2.26.